The van der Waals surface area contributed by atoms with Gasteiger partial charge in [0.2, 0.25) is 15.9 Å². The summed E-state index contributed by atoms with van der Waals surface area (Å²) in [5.41, 5.74) is 1.30. The average molecular weight is 449 g/mol. The van der Waals surface area contributed by atoms with E-state index in [9.17, 15) is 22.7 Å². The van der Waals surface area contributed by atoms with Crippen molar-refractivity contribution < 1.29 is 27.4 Å². The second-order valence-corrected chi connectivity index (χ2v) is 9.03. The van der Waals surface area contributed by atoms with Crippen molar-refractivity contribution in [3.05, 3.63) is 77.6 Å². The quantitative estimate of drug-likeness (QED) is 0.534. The Morgan fingerprint density at radius 1 is 1.13 bits per heavy atom. The van der Waals surface area contributed by atoms with Crippen molar-refractivity contribution in [3.63, 3.8) is 0 Å². The van der Waals surface area contributed by atoms with Crippen LogP contribution in [0.15, 0.2) is 65.6 Å². The molecule has 0 saturated heterocycles. The molecule has 2 aromatic carbocycles. The maximum atomic E-state index is 13.6. The zero-order valence-electron chi connectivity index (χ0n) is 17.0. The van der Waals surface area contributed by atoms with E-state index in [4.69, 9.17) is 4.74 Å². The number of aliphatic hydroxyl groups is 1. The number of rotatable bonds is 8. The molecule has 0 spiro atoms. The number of carbonyl (C=O) groups is 1. The van der Waals surface area contributed by atoms with Crippen molar-refractivity contribution in [2.45, 2.75) is 43.0 Å². The molecule has 0 unspecified atom stereocenters. The van der Waals surface area contributed by atoms with Crippen LogP contribution in [0.3, 0.4) is 0 Å². The van der Waals surface area contributed by atoms with Crippen molar-refractivity contribution >= 4 is 15.9 Å². The summed E-state index contributed by atoms with van der Waals surface area (Å²) in [5, 5.41) is 12.3. The lowest BCUT2D eigenvalue weighted by Gasteiger charge is -2.31. The molecule has 1 aliphatic rings. The van der Waals surface area contributed by atoms with Gasteiger partial charge in [-0.1, -0.05) is 48.0 Å². The third-order valence-electron chi connectivity index (χ3n) is 4.91. The highest BCUT2D eigenvalue weighted by Gasteiger charge is 2.31. The SMILES string of the molecule is Cc1ccc(S(=O)(=O)N[C@@H]2C=C[C@H](CC(=O)NCc3ccccc3F)O[C@H]2CO)cc1. The number of aryl methyl sites for hydroxylation is 1. The van der Waals surface area contributed by atoms with Gasteiger partial charge in [0, 0.05) is 12.1 Å². The van der Waals surface area contributed by atoms with Gasteiger partial charge in [0.15, 0.2) is 0 Å². The molecule has 166 valence electrons. The lowest BCUT2D eigenvalue weighted by Crippen LogP contribution is -2.49. The van der Waals surface area contributed by atoms with Gasteiger partial charge in [0.05, 0.1) is 30.1 Å². The van der Waals surface area contributed by atoms with Crippen LogP contribution in [0.2, 0.25) is 0 Å². The van der Waals surface area contributed by atoms with Gasteiger partial charge in [-0.15, -0.1) is 0 Å². The summed E-state index contributed by atoms with van der Waals surface area (Å²) < 4.78 is 47.1. The Morgan fingerprint density at radius 2 is 1.84 bits per heavy atom. The first-order valence-electron chi connectivity index (χ1n) is 9.82. The molecular weight excluding hydrogens is 423 g/mol. The summed E-state index contributed by atoms with van der Waals surface area (Å²) >= 11 is 0. The summed E-state index contributed by atoms with van der Waals surface area (Å²) in [6.07, 6.45) is 1.62. The van der Waals surface area contributed by atoms with E-state index in [-0.39, 0.29) is 23.8 Å². The monoisotopic (exact) mass is 448 g/mol. The molecule has 0 aromatic heterocycles. The number of benzene rings is 2. The lowest BCUT2D eigenvalue weighted by molar-refractivity contribution is -0.125. The van der Waals surface area contributed by atoms with Gasteiger partial charge in [-0.25, -0.2) is 17.5 Å². The molecule has 3 N–H and O–H groups in total. The summed E-state index contributed by atoms with van der Waals surface area (Å²) in [6, 6.07) is 11.8. The molecule has 1 amide bonds. The Morgan fingerprint density at radius 3 is 2.52 bits per heavy atom. The zero-order valence-corrected chi connectivity index (χ0v) is 17.8. The molecule has 0 fully saturated rings. The lowest BCUT2D eigenvalue weighted by atomic mass is 10.1. The fraction of sp³-hybridized carbons (Fsp3) is 0.318. The van der Waals surface area contributed by atoms with Crippen LogP contribution in [0.5, 0.6) is 0 Å². The van der Waals surface area contributed by atoms with E-state index in [0.717, 1.165) is 5.56 Å². The molecule has 0 saturated carbocycles. The third-order valence-corrected chi connectivity index (χ3v) is 6.38. The Balaban J connectivity index is 1.59. The molecule has 2 aromatic rings. The number of amides is 1. The van der Waals surface area contributed by atoms with E-state index < -0.39 is 40.7 Å². The van der Waals surface area contributed by atoms with Gasteiger partial charge in [0.1, 0.15) is 11.9 Å². The summed E-state index contributed by atoms with van der Waals surface area (Å²) in [7, 11) is -3.81. The maximum absolute atomic E-state index is 13.6. The van der Waals surface area contributed by atoms with Crippen molar-refractivity contribution in [3.8, 4) is 0 Å². The first-order valence-corrected chi connectivity index (χ1v) is 11.3. The van der Waals surface area contributed by atoms with Gasteiger partial charge in [-0.05, 0) is 25.1 Å². The molecule has 0 radical (unpaired) electrons. The number of nitrogens with one attached hydrogen (secondary N) is 2. The number of aliphatic hydroxyl groups excluding tert-OH is 1. The van der Waals surface area contributed by atoms with Crippen LogP contribution in [0.1, 0.15) is 17.5 Å². The smallest absolute Gasteiger partial charge is 0.241 e. The van der Waals surface area contributed by atoms with Crippen LogP contribution in [0.4, 0.5) is 4.39 Å². The van der Waals surface area contributed by atoms with Gasteiger partial charge in [0.25, 0.3) is 0 Å². The zero-order chi connectivity index (χ0) is 22.4. The van der Waals surface area contributed by atoms with Crippen molar-refractivity contribution in [2.75, 3.05) is 6.61 Å². The number of sulfonamides is 1. The molecule has 0 bridgehead atoms. The second kappa shape index (κ2) is 10.1. The van der Waals surface area contributed by atoms with E-state index >= 15 is 0 Å². The van der Waals surface area contributed by atoms with Crippen LogP contribution < -0.4 is 10.0 Å². The molecule has 3 atom stereocenters. The van der Waals surface area contributed by atoms with Crippen molar-refractivity contribution in [1.29, 1.82) is 0 Å². The number of ether oxygens (including phenoxy) is 1. The minimum absolute atomic E-state index is 0.0428. The van der Waals surface area contributed by atoms with Crippen LogP contribution in [-0.4, -0.2) is 44.3 Å². The standard InChI is InChI=1S/C22H25FN2O5S/c1-15-6-9-18(10-7-15)31(28,29)25-20-11-8-17(30-21(20)14-26)12-22(27)24-13-16-4-2-3-5-19(16)23/h2-11,17,20-21,25-26H,12-14H2,1H3,(H,24,27)/t17-,20-,21+/m1/s1. The Bertz CT molecular complexity index is 1040. The summed E-state index contributed by atoms with van der Waals surface area (Å²) in [5.74, 6) is -0.756. The summed E-state index contributed by atoms with van der Waals surface area (Å²) in [4.78, 5) is 12.3. The van der Waals surface area contributed by atoms with E-state index in [0.29, 0.717) is 5.56 Å². The maximum Gasteiger partial charge on any atom is 0.241 e. The van der Waals surface area contributed by atoms with E-state index in [1.54, 1.807) is 42.5 Å². The van der Waals surface area contributed by atoms with Crippen molar-refractivity contribution in [1.82, 2.24) is 10.0 Å². The molecule has 7 nitrogen and oxygen atoms in total. The Kier molecular flexibility index (Phi) is 7.55. The van der Waals surface area contributed by atoms with Gasteiger partial charge >= 0.3 is 0 Å². The second-order valence-electron chi connectivity index (χ2n) is 7.31. The Labute approximate surface area is 181 Å². The highest BCUT2D eigenvalue weighted by Crippen LogP contribution is 2.19. The highest BCUT2D eigenvalue weighted by atomic mass is 32.2. The fourth-order valence-corrected chi connectivity index (χ4v) is 4.38. The normalized spacial score (nSPS) is 21.1. The third kappa shape index (κ3) is 6.20. The minimum Gasteiger partial charge on any atom is -0.394 e. The van der Waals surface area contributed by atoms with Crippen LogP contribution >= 0.6 is 0 Å². The number of halogens is 1. The van der Waals surface area contributed by atoms with E-state index in [1.165, 1.54) is 18.2 Å². The number of hydrogen-bond acceptors (Lipinski definition) is 5. The fourth-order valence-electron chi connectivity index (χ4n) is 3.17. The van der Waals surface area contributed by atoms with Gasteiger partial charge in [-0.3, -0.25) is 4.79 Å². The molecule has 3 rings (SSSR count). The van der Waals surface area contributed by atoms with Crippen LogP contribution in [0, 0.1) is 12.7 Å². The van der Waals surface area contributed by atoms with Crippen LogP contribution in [0.25, 0.3) is 0 Å². The predicted octanol–water partition coefficient (Wildman–Crippen LogP) is 1.80. The largest absolute Gasteiger partial charge is 0.394 e. The molecule has 9 heteroatoms. The van der Waals surface area contributed by atoms with Gasteiger partial charge < -0.3 is 15.2 Å². The van der Waals surface area contributed by atoms with Gasteiger partial charge in [-0.2, -0.15) is 0 Å². The molecular formula is C22H25FN2O5S. The van der Waals surface area contributed by atoms with Crippen LogP contribution in [-0.2, 0) is 26.1 Å². The number of hydrogen-bond donors (Lipinski definition) is 3. The molecule has 0 aliphatic carbocycles. The first kappa shape index (κ1) is 23.1. The highest BCUT2D eigenvalue weighted by molar-refractivity contribution is 7.89. The Hall–Kier alpha value is -2.59. The first-order chi connectivity index (χ1) is 14.8. The minimum atomic E-state index is -3.81. The average Bonchev–Trinajstić information content (AvgIpc) is 2.74. The molecule has 1 heterocycles. The topological polar surface area (TPSA) is 105 Å². The summed E-state index contributed by atoms with van der Waals surface area (Å²) in [6.45, 7) is 1.47. The van der Waals surface area contributed by atoms with Crippen molar-refractivity contribution in [2.24, 2.45) is 0 Å². The predicted molar refractivity (Wildman–Crippen MR) is 113 cm³/mol. The molecule has 31 heavy (non-hydrogen) atoms. The van der Waals surface area contributed by atoms with E-state index in [1.807, 2.05) is 6.92 Å². The molecule has 1 aliphatic heterocycles. The number of carbonyl (C=O) groups excluding carboxylic acids is 1. The van der Waals surface area contributed by atoms with E-state index in [2.05, 4.69) is 10.0 Å².